The zero-order valence-electron chi connectivity index (χ0n) is 8.40. The van der Waals surface area contributed by atoms with Crippen LogP contribution in [0.25, 0.3) is 11.0 Å². The quantitative estimate of drug-likeness (QED) is 0.850. The van der Waals surface area contributed by atoms with Crippen LogP contribution in [-0.4, -0.2) is 30.4 Å². The van der Waals surface area contributed by atoms with E-state index in [9.17, 15) is 8.42 Å². The molecule has 1 N–H and O–H groups in total. The molecule has 0 aliphatic heterocycles. The maximum absolute atomic E-state index is 11.0. The molecule has 2 aromatic rings. The molecule has 0 atom stereocenters. The molecule has 15 heavy (non-hydrogen) atoms. The predicted molar refractivity (Wildman–Crippen MR) is 59.5 cm³/mol. The summed E-state index contributed by atoms with van der Waals surface area (Å²) >= 11 is 0. The average Bonchev–Trinajstić information content (AvgIpc) is 2.56. The SMILES string of the molecule is CS(=O)(=O)CCc1nc2ccccc2[nH]1. The number of aromatic nitrogens is 2. The van der Waals surface area contributed by atoms with Crippen LogP contribution in [0.15, 0.2) is 24.3 Å². The second-order valence-electron chi connectivity index (χ2n) is 3.58. The van der Waals surface area contributed by atoms with E-state index in [-0.39, 0.29) is 5.75 Å². The fourth-order valence-corrected chi connectivity index (χ4v) is 1.97. The first kappa shape index (κ1) is 10.2. The molecule has 0 radical (unpaired) electrons. The molecule has 0 amide bonds. The predicted octanol–water partition coefficient (Wildman–Crippen LogP) is 1.15. The van der Waals surface area contributed by atoms with E-state index in [1.165, 1.54) is 6.26 Å². The number of nitrogens with one attached hydrogen (secondary N) is 1. The van der Waals surface area contributed by atoms with Crippen LogP contribution in [0.3, 0.4) is 0 Å². The van der Waals surface area contributed by atoms with Crippen molar-refractivity contribution in [3.63, 3.8) is 0 Å². The third-order valence-corrected chi connectivity index (χ3v) is 3.09. The minimum absolute atomic E-state index is 0.132. The maximum atomic E-state index is 11.0. The van der Waals surface area contributed by atoms with Crippen molar-refractivity contribution in [1.82, 2.24) is 9.97 Å². The summed E-state index contributed by atoms with van der Waals surface area (Å²) in [5.74, 6) is 0.855. The van der Waals surface area contributed by atoms with Crippen LogP contribution in [-0.2, 0) is 16.3 Å². The van der Waals surface area contributed by atoms with Gasteiger partial charge in [0.1, 0.15) is 15.7 Å². The summed E-state index contributed by atoms with van der Waals surface area (Å²) in [6.07, 6.45) is 1.67. The first-order valence-corrected chi connectivity index (χ1v) is 6.72. The highest BCUT2D eigenvalue weighted by Gasteiger charge is 2.06. The van der Waals surface area contributed by atoms with Gasteiger partial charge in [0.25, 0.3) is 0 Å². The van der Waals surface area contributed by atoms with Crippen molar-refractivity contribution in [3.05, 3.63) is 30.1 Å². The van der Waals surface area contributed by atoms with Crippen LogP contribution in [0, 0.1) is 0 Å². The summed E-state index contributed by atoms with van der Waals surface area (Å²) in [5, 5.41) is 0. The lowest BCUT2D eigenvalue weighted by Crippen LogP contribution is -2.06. The molecule has 0 aliphatic carbocycles. The number of rotatable bonds is 3. The number of aryl methyl sites for hydroxylation is 1. The highest BCUT2D eigenvalue weighted by atomic mass is 32.2. The standard InChI is InChI=1S/C10H12N2O2S/c1-15(13,14)7-6-10-11-8-4-2-3-5-9(8)12-10/h2-5H,6-7H2,1H3,(H,11,12). The normalized spacial score (nSPS) is 12.1. The molecule has 0 spiro atoms. The van der Waals surface area contributed by atoms with Crippen LogP contribution >= 0.6 is 0 Å². The van der Waals surface area contributed by atoms with E-state index in [0.29, 0.717) is 6.42 Å². The molecule has 2 rings (SSSR count). The summed E-state index contributed by atoms with van der Waals surface area (Å²) in [6, 6.07) is 7.65. The van der Waals surface area contributed by atoms with E-state index in [4.69, 9.17) is 0 Å². The van der Waals surface area contributed by atoms with E-state index in [1.54, 1.807) is 0 Å². The second-order valence-corrected chi connectivity index (χ2v) is 5.84. The van der Waals surface area contributed by atoms with Crippen LogP contribution in [0.5, 0.6) is 0 Å². The Labute approximate surface area is 88.3 Å². The molecule has 0 aliphatic rings. The minimum atomic E-state index is -2.92. The van der Waals surface area contributed by atoms with Gasteiger partial charge in [0.05, 0.1) is 16.8 Å². The van der Waals surface area contributed by atoms with Gasteiger partial charge in [-0.15, -0.1) is 0 Å². The number of imidazole rings is 1. The molecule has 5 heteroatoms. The minimum Gasteiger partial charge on any atom is -0.342 e. The Hall–Kier alpha value is -1.36. The lowest BCUT2D eigenvalue weighted by atomic mass is 10.3. The topological polar surface area (TPSA) is 62.8 Å². The molecule has 80 valence electrons. The molecule has 1 aromatic carbocycles. The molecule has 1 aromatic heterocycles. The monoisotopic (exact) mass is 224 g/mol. The van der Waals surface area contributed by atoms with Crippen molar-refractivity contribution in [2.75, 3.05) is 12.0 Å². The first-order valence-electron chi connectivity index (χ1n) is 4.66. The van der Waals surface area contributed by atoms with Crippen molar-refractivity contribution in [2.45, 2.75) is 6.42 Å². The van der Waals surface area contributed by atoms with Gasteiger partial charge in [0.2, 0.25) is 0 Å². The molecular formula is C10H12N2O2S. The van der Waals surface area contributed by atoms with Crippen molar-refractivity contribution in [3.8, 4) is 0 Å². The molecule has 0 fully saturated rings. The number of nitrogens with zero attached hydrogens (tertiary/aromatic N) is 1. The van der Waals surface area contributed by atoms with E-state index in [1.807, 2.05) is 24.3 Å². The van der Waals surface area contributed by atoms with Crippen LogP contribution in [0.1, 0.15) is 5.82 Å². The molecule has 0 saturated carbocycles. The lowest BCUT2D eigenvalue weighted by molar-refractivity contribution is 0.600. The van der Waals surface area contributed by atoms with Crippen LogP contribution in [0.4, 0.5) is 0 Å². The number of hydrogen-bond donors (Lipinski definition) is 1. The third-order valence-electron chi connectivity index (χ3n) is 2.15. The fourth-order valence-electron chi connectivity index (χ4n) is 1.41. The Morgan fingerprint density at radius 3 is 2.73 bits per heavy atom. The van der Waals surface area contributed by atoms with Crippen molar-refractivity contribution in [1.29, 1.82) is 0 Å². The number of para-hydroxylation sites is 2. The van der Waals surface area contributed by atoms with Gasteiger partial charge in [-0.05, 0) is 12.1 Å². The van der Waals surface area contributed by atoms with E-state index < -0.39 is 9.84 Å². The zero-order valence-corrected chi connectivity index (χ0v) is 9.21. The smallest absolute Gasteiger partial charge is 0.147 e. The summed E-state index contributed by atoms with van der Waals surface area (Å²) in [7, 11) is -2.92. The van der Waals surface area contributed by atoms with Gasteiger partial charge < -0.3 is 4.98 Å². The number of benzene rings is 1. The summed E-state index contributed by atoms with van der Waals surface area (Å²) < 4.78 is 22.0. The van der Waals surface area contributed by atoms with Crippen molar-refractivity contribution < 1.29 is 8.42 Å². The van der Waals surface area contributed by atoms with E-state index in [0.717, 1.165) is 16.9 Å². The zero-order chi connectivity index (χ0) is 10.9. The highest BCUT2D eigenvalue weighted by molar-refractivity contribution is 7.90. The Bertz CT molecular complexity index is 539. The van der Waals surface area contributed by atoms with Gasteiger partial charge >= 0.3 is 0 Å². The Kier molecular flexibility index (Phi) is 2.48. The van der Waals surface area contributed by atoms with Gasteiger partial charge in [0, 0.05) is 12.7 Å². The van der Waals surface area contributed by atoms with Crippen LogP contribution < -0.4 is 0 Å². The molecule has 1 heterocycles. The average molecular weight is 224 g/mol. The third kappa shape index (κ3) is 2.56. The largest absolute Gasteiger partial charge is 0.342 e. The number of H-pyrrole nitrogens is 1. The number of fused-ring (bicyclic) bond motifs is 1. The summed E-state index contributed by atoms with van der Waals surface area (Å²) in [6.45, 7) is 0. The van der Waals surface area contributed by atoms with Gasteiger partial charge in [-0.25, -0.2) is 13.4 Å². The number of aromatic amines is 1. The Morgan fingerprint density at radius 1 is 1.33 bits per heavy atom. The van der Waals surface area contributed by atoms with Gasteiger partial charge in [-0.1, -0.05) is 12.1 Å². The molecule has 0 bridgehead atoms. The van der Waals surface area contributed by atoms with Gasteiger partial charge in [-0.2, -0.15) is 0 Å². The summed E-state index contributed by atoms with van der Waals surface area (Å²) in [4.78, 5) is 7.39. The molecule has 0 saturated heterocycles. The van der Waals surface area contributed by atoms with Gasteiger partial charge in [-0.3, -0.25) is 0 Å². The second kappa shape index (κ2) is 3.66. The Morgan fingerprint density at radius 2 is 2.07 bits per heavy atom. The van der Waals surface area contributed by atoms with E-state index >= 15 is 0 Å². The Balaban J connectivity index is 2.23. The molecule has 4 nitrogen and oxygen atoms in total. The van der Waals surface area contributed by atoms with E-state index in [2.05, 4.69) is 9.97 Å². The molecule has 0 unspecified atom stereocenters. The summed E-state index contributed by atoms with van der Waals surface area (Å²) in [5.41, 5.74) is 1.82. The van der Waals surface area contributed by atoms with Crippen LogP contribution in [0.2, 0.25) is 0 Å². The first-order chi connectivity index (χ1) is 7.04. The van der Waals surface area contributed by atoms with Gasteiger partial charge in [0.15, 0.2) is 0 Å². The lowest BCUT2D eigenvalue weighted by Gasteiger charge is -1.93. The van der Waals surface area contributed by atoms with Crippen molar-refractivity contribution >= 4 is 20.9 Å². The highest BCUT2D eigenvalue weighted by Crippen LogP contribution is 2.10. The maximum Gasteiger partial charge on any atom is 0.147 e. The number of hydrogen-bond acceptors (Lipinski definition) is 3. The molecular weight excluding hydrogens is 212 g/mol. The number of sulfone groups is 1. The fraction of sp³-hybridized carbons (Fsp3) is 0.300. The van der Waals surface area contributed by atoms with Crippen molar-refractivity contribution in [2.24, 2.45) is 0 Å².